The Morgan fingerprint density at radius 3 is 2.14 bits per heavy atom. The van der Waals surface area contributed by atoms with Crippen molar-refractivity contribution in [3.05, 3.63) is 0 Å². The maximum atomic E-state index is 5.92. The zero-order chi connectivity index (χ0) is 11.0. The first-order valence-electron chi connectivity index (χ1n) is 5.65. The average Bonchev–Trinajstić information content (AvgIpc) is 2.24. The van der Waals surface area contributed by atoms with Gasteiger partial charge in [-0.05, 0) is 26.4 Å². The summed E-state index contributed by atoms with van der Waals surface area (Å²) in [5.41, 5.74) is 0.106. The van der Waals surface area contributed by atoms with E-state index in [2.05, 4.69) is 37.9 Å². The van der Waals surface area contributed by atoms with Gasteiger partial charge in [0.05, 0.1) is 0 Å². The highest BCUT2D eigenvalue weighted by molar-refractivity contribution is 6.18. The molecule has 0 aromatic heterocycles. The number of rotatable bonds is 8. The Morgan fingerprint density at radius 2 is 1.79 bits per heavy atom. The van der Waals surface area contributed by atoms with E-state index in [1.165, 1.54) is 0 Å². The summed E-state index contributed by atoms with van der Waals surface area (Å²) in [4.78, 5) is 2.41. The van der Waals surface area contributed by atoms with E-state index in [-0.39, 0.29) is 5.54 Å². The Kier molecular flexibility index (Phi) is 7.61. The summed E-state index contributed by atoms with van der Waals surface area (Å²) in [7, 11) is 0. The summed E-state index contributed by atoms with van der Waals surface area (Å²) in [5, 5.41) is 3.52. The molecule has 0 heterocycles. The molecule has 0 aliphatic heterocycles. The van der Waals surface area contributed by atoms with E-state index in [1.54, 1.807) is 0 Å². The van der Waals surface area contributed by atoms with E-state index >= 15 is 0 Å². The van der Waals surface area contributed by atoms with Crippen molar-refractivity contribution < 1.29 is 0 Å². The molecule has 86 valence electrons. The number of likely N-dealkylation sites (N-methyl/N-ethyl adjacent to an activating group) is 1. The normalized spacial score (nSPS) is 15.9. The smallest absolute Gasteiger partial charge is 0.0403 e. The van der Waals surface area contributed by atoms with Crippen LogP contribution in [0.15, 0.2) is 0 Å². The molecule has 3 heteroatoms. The highest BCUT2D eigenvalue weighted by Gasteiger charge is 2.19. The molecule has 1 atom stereocenters. The van der Waals surface area contributed by atoms with Crippen molar-refractivity contribution >= 4 is 11.6 Å². The van der Waals surface area contributed by atoms with Crippen LogP contribution in [0.3, 0.4) is 0 Å². The van der Waals surface area contributed by atoms with Crippen LogP contribution in [-0.2, 0) is 0 Å². The SMILES string of the molecule is CCN(CC)CCNC(C)(CC)CCl. The van der Waals surface area contributed by atoms with Crippen molar-refractivity contribution in [2.45, 2.75) is 39.7 Å². The van der Waals surface area contributed by atoms with Gasteiger partial charge >= 0.3 is 0 Å². The Hall–Kier alpha value is 0.210. The lowest BCUT2D eigenvalue weighted by Gasteiger charge is -2.29. The van der Waals surface area contributed by atoms with E-state index < -0.39 is 0 Å². The molecule has 0 saturated carbocycles. The van der Waals surface area contributed by atoms with Crippen LogP contribution in [-0.4, -0.2) is 42.5 Å². The molecule has 0 spiro atoms. The minimum Gasteiger partial charge on any atom is -0.309 e. The van der Waals surface area contributed by atoms with E-state index in [0.29, 0.717) is 5.88 Å². The van der Waals surface area contributed by atoms with E-state index in [4.69, 9.17) is 11.6 Å². The van der Waals surface area contributed by atoms with E-state index in [9.17, 15) is 0 Å². The topological polar surface area (TPSA) is 15.3 Å². The number of halogens is 1. The third kappa shape index (κ3) is 5.18. The lowest BCUT2D eigenvalue weighted by atomic mass is 10.0. The van der Waals surface area contributed by atoms with Crippen LogP contribution < -0.4 is 5.32 Å². The maximum absolute atomic E-state index is 5.92. The van der Waals surface area contributed by atoms with Crippen LogP contribution in [0.1, 0.15) is 34.1 Å². The molecule has 14 heavy (non-hydrogen) atoms. The molecule has 0 aromatic rings. The third-order valence-electron chi connectivity index (χ3n) is 2.95. The molecule has 1 unspecified atom stereocenters. The largest absolute Gasteiger partial charge is 0.309 e. The fourth-order valence-corrected chi connectivity index (χ4v) is 1.61. The molecule has 0 rings (SSSR count). The van der Waals surface area contributed by atoms with Crippen molar-refractivity contribution in [2.24, 2.45) is 0 Å². The van der Waals surface area contributed by atoms with Crippen molar-refractivity contribution in [1.82, 2.24) is 10.2 Å². The van der Waals surface area contributed by atoms with Crippen LogP contribution in [0, 0.1) is 0 Å². The quantitative estimate of drug-likeness (QED) is 0.632. The first-order chi connectivity index (χ1) is 6.61. The van der Waals surface area contributed by atoms with E-state index in [1.807, 2.05) is 0 Å². The summed E-state index contributed by atoms with van der Waals surface area (Å²) in [6, 6.07) is 0. The standard InChI is InChI=1S/C11H25ClN2/c1-5-11(4,10-12)13-8-9-14(6-2)7-3/h13H,5-10H2,1-4H3. The fraction of sp³-hybridized carbons (Fsp3) is 1.00. The zero-order valence-corrected chi connectivity index (χ0v) is 10.8. The summed E-state index contributed by atoms with van der Waals surface area (Å²) in [5.74, 6) is 0.682. The average molecular weight is 221 g/mol. The van der Waals surface area contributed by atoms with Gasteiger partial charge in [-0.2, -0.15) is 0 Å². The van der Waals surface area contributed by atoms with Crippen LogP contribution in [0.5, 0.6) is 0 Å². The number of hydrogen-bond acceptors (Lipinski definition) is 2. The van der Waals surface area contributed by atoms with Crippen molar-refractivity contribution in [2.75, 3.05) is 32.1 Å². The minimum absolute atomic E-state index is 0.106. The Labute approximate surface area is 94.0 Å². The zero-order valence-electron chi connectivity index (χ0n) is 10.1. The van der Waals surface area contributed by atoms with Gasteiger partial charge < -0.3 is 10.2 Å². The molecule has 1 N–H and O–H groups in total. The van der Waals surface area contributed by atoms with Crippen LogP contribution in [0.2, 0.25) is 0 Å². The second-order valence-electron chi connectivity index (χ2n) is 4.00. The molecule has 0 aromatic carbocycles. The summed E-state index contributed by atoms with van der Waals surface area (Å²) < 4.78 is 0. The molecule has 0 bridgehead atoms. The summed E-state index contributed by atoms with van der Waals surface area (Å²) in [6.45, 7) is 13.1. The molecule has 2 nitrogen and oxygen atoms in total. The molecule has 0 aliphatic rings. The molecule has 0 fully saturated rings. The highest BCUT2D eigenvalue weighted by Crippen LogP contribution is 2.10. The number of nitrogens with zero attached hydrogens (tertiary/aromatic N) is 1. The number of hydrogen-bond donors (Lipinski definition) is 1. The molecule has 0 amide bonds. The van der Waals surface area contributed by atoms with Crippen molar-refractivity contribution in [1.29, 1.82) is 0 Å². The first-order valence-corrected chi connectivity index (χ1v) is 6.18. The summed E-state index contributed by atoms with van der Waals surface area (Å²) >= 11 is 5.92. The monoisotopic (exact) mass is 220 g/mol. The molecule has 0 radical (unpaired) electrons. The fourth-order valence-electron chi connectivity index (χ4n) is 1.32. The number of alkyl halides is 1. The number of nitrogens with one attached hydrogen (secondary N) is 1. The van der Waals surface area contributed by atoms with Gasteiger partial charge in [0.2, 0.25) is 0 Å². The lowest BCUT2D eigenvalue weighted by molar-refractivity contribution is 0.279. The van der Waals surface area contributed by atoms with Crippen molar-refractivity contribution in [3.63, 3.8) is 0 Å². The van der Waals surface area contributed by atoms with Crippen LogP contribution in [0.25, 0.3) is 0 Å². The first kappa shape index (κ1) is 14.2. The van der Waals surface area contributed by atoms with Gasteiger partial charge in [0, 0.05) is 24.5 Å². The Bertz CT molecular complexity index is 131. The molecular formula is C11H25ClN2. The van der Waals surface area contributed by atoms with Gasteiger partial charge in [-0.1, -0.05) is 20.8 Å². The molecular weight excluding hydrogens is 196 g/mol. The van der Waals surface area contributed by atoms with Crippen molar-refractivity contribution in [3.8, 4) is 0 Å². The van der Waals surface area contributed by atoms with Gasteiger partial charge in [0.1, 0.15) is 0 Å². The predicted molar refractivity (Wildman–Crippen MR) is 65.2 cm³/mol. The van der Waals surface area contributed by atoms with Gasteiger partial charge in [-0.15, -0.1) is 11.6 Å². The maximum Gasteiger partial charge on any atom is 0.0403 e. The third-order valence-corrected chi connectivity index (χ3v) is 3.54. The lowest BCUT2D eigenvalue weighted by Crippen LogP contribution is -2.46. The second-order valence-corrected chi connectivity index (χ2v) is 4.27. The van der Waals surface area contributed by atoms with Gasteiger partial charge in [-0.25, -0.2) is 0 Å². The minimum atomic E-state index is 0.106. The summed E-state index contributed by atoms with van der Waals surface area (Å²) in [6.07, 6.45) is 1.08. The Morgan fingerprint density at radius 1 is 1.21 bits per heavy atom. The van der Waals surface area contributed by atoms with Crippen LogP contribution in [0.4, 0.5) is 0 Å². The Balaban J connectivity index is 3.70. The highest BCUT2D eigenvalue weighted by atomic mass is 35.5. The van der Waals surface area contributed by atoms with Gasteiger partial charge in [-0.3, -0.25) is 0 Å². The van der Waals surface area contributed by atoms with Gasteiger partial charge in [0.15, 0.2) is 0 Å². The van der Waals surface area contributed by atoms with Gasteiger partial charge in [0.25, 0.3) is 0 Å². The molecule has 0 aliphatic carbocycles. The van der Waals surface area contributed by atoms with E-state index in [0.717, 1.165) is 32.6 Å². The molecule has 0 saturated heterocycles. The second kappa shape index (κ2) is 7.49. The van der Waals surface area contributed by atoms with Crippen LogP contribution >= 0.6 is 11.6 Å². The predicted octanol–water partition coefficient (Wildman–Crippen LogP) is 2.33.